The van der Waals surface area contributed by atoms with E-state index in [2.05, 4.69) is 12.3 Å². The molecule has 110 valence electrons. The fourth-order valence-electron chi connectivity index (χ4n) is 4.28. The molecule has 1 spiro atoms. The van der Waals surface area contributed by atoms with Crippen molar-refractivity contribution < 1.29 is 9.47 Å². The topological polar surface area (TPSA) is 56.5 Å². The number of hydrogen-bond donors (Lipinski definition) is 2. The third kappa shape index (κ3) is 2.56. The highest BCUT2D eigenvalue weighted by Crippen LogP contribution is 2.46. The summed E-state index contributed by atoms with van der Waals surface area (Å²) in [6, 6.07) is 0.258. The molecule has 0 bridgehead atoms. The molecule has 0 radical (unpaired) electrons. The van der Waals surface area contributed by atoms with E-state index in [4.69, 9.17) is 15.3 Å². The highest BCUT2D eigenvalue weighted by atomic mass is 16.5. The first-order valence-corrected chi connectivity index (χ1v) is 7.92. The third-order valence-corrected chi connectivity index (χ3v) is 5.60. The number of hydrazine groups is 1. The van der Waals surface area contributed by atoms with Gasteiger partial charge in [-0.05, 0) is 64.2 Å². The van der Waals surface area contributed by atoms with E-state index in [1.165, 1.54) is 32.1 Å². The average molecular weight is 268 g/mol. The minimum absolute atomic E-state index is 0.0973. The van der Waals surface area contributed by atoms with Gasteiger partial charge in [-0.3, -0.25) is 11.3 Å². The molecule has 4 nitrogen and oxygen atoms in total. The molecule has 3 rings (SSSR count). The van der Waals surface area contributed by atoms with Crippen LogP contribution in [0.1, 0.15) is 58.3 Å². The standard InChI is InChI=1S/C15H28N2O2/c1-14(6-2-3-9-18-14)13(17-16)12-5-10-19-15(11-12)7-4-8-15/h12-13,17H,2-11,16H2,1H3. The molecule has 2 aliphatic heterocycles. The van der Waals surface area contributed by atoms with Crippen molar-refractivity contribution in [2.24, 2.45) is 11.8 Å². The molecule has 3 unspecified atom stereocenters. The maximum atomic E-state index is 6.11. The zero-order valence-electron chi connectivity index (χ0n) is 12.1. The Morgan fingerprint density at radius 2 is 1.95 bits per heavy atom. The number of nitrogens with two attached hydrogens (primary N) is 1. The molecule has 1 aliphatic carbocycles. The zero-order chi connectivity index (χ0) is 13.3. The Hall–Kier alpha value is -0.160. The molecule has 0 amide bonds. The van der Waals surface area contributed by atoms with Crippen LogP contribution in [0.25, 0.3) is 0 Å². The first-order chi connectivity index (χ1) is 9.18. The molecule has 2 heterocycles. The molecule has 2 saturated heterocycles. The number of ether oxygens (including phenoxy) is 2. The molecule has 0 aromatic rings. The maximum Gasteiger partial charge on any atom is 0.0822 e. The van der Waals surface area contributed by atoms with E-state index in [-0.39, 0.29) is 17.2 Å². The normalized spacial score (nSPS) is 39.8. The second-order valence-electron chi connectivity index (χ2n) is 6.90. The van der Waals surface area contributed by atoms with Gasteiger partial charge in [-0.1, -0.05) is 0 Å². The molecular formula is C15H28N2O2. The van der Waals surface area contributed by atoms with E-state index in [9.17, 15) is 0 Å². The van der Waals surface area contributed by atoms with Gasteiger partial charge in [0.25, 0.3) is 0 Å². The minimum atomic E-state index is -0.0973. The summed E-state index contributed by atoms with van der Waals surface area (Å²) < 4.78 is 12.1. The lowest BCUT2D eigenvalue weighted by Crippen LogP contribution is -2.61. The molecule has 0 aromatic heterocycles. The lowest BCUT2D eigenvalue weighted by Gasteiger charge is -2.51. The molecule has 3 aliphatic rings. The van der Waals surface area contributed by atoms with Gasteiger partial charge in [-0.25, -0.2) is 0 Å². The van der Waals surface area contributed by atoms with E-state index >= 15 is 0 Å². The Balaban J connectivity index is 1.70. The number of rotatable bonds is 3. The van der Waals surface area contributed by atoms with Crippen LogP contribution in [0.15, 0.2) is 0 Å². The summed E-state index contributed by atoms with van der Waals surface area (Å²) in [6.07, 6.45) is 9.61. The van der Waals surface area contributed by atoms with Gasteiger partial charge in [0.15, 0.2) is 0 Å². The Morgan fingerprint density at radius 1 is 1.11 bits per heavy atom. The van der Waals surface area contributed by atoms with E-state index < -0.39 is 0 Å². The summed E-state index contributed by atoms with van der Waals surface area (Å²) in [4.78, 5) is 0. The van der Waals surface area contributed by atoms with Crippen molar-refractivity contribution in [3.8, 4) is 0 Å². The second kappa shape index (κ2) is 5.32. The Kier molecular flexibility index (Phi) is 3.87. The van der Waals surface area contributed by atoms with Crippen LogP contribution in [0.3, 0.4) is 0 Å². The summed E-state index contributed by atoms with van der Waals surface area (Å²) in [6.45, 7) is 4.00. The van der Waals surface area contributed by atoms with E-state index in [1.807, 2.05) is 0 Å². The molecule has 3 atom stereocenters. The van der Waals surface area contributed by atoms with Crippen LogP contribution in [0, 0.1) is 5.92 Å². The zero-order valence-corrected chi connectivity index (χ0v) is 12.1. The summed E-state index contributed by atoms with van der Waals surface area (Å²) in [5, 5.41) is 0. The van der Waals surface area contributed by atoms with Gasteiger partial charge in [0.2, 0.25) is 0 Å². The lowest BCUT2D eigenvalue weighted by molar-refractivity contribution is -0.167. The fourth-order valence-corrected chi connectivity index (χ4v) is 4.28. The minimum Gasteiger partial charge on any atom is -0.375 e. The fraction of sp³-hybridized carbons (Fsp3) is 1.00. The van der Waals surface area contributed by atoms with Gasteiger partial charge in [0, 0.05) is 13.2 Å². The van der Waals surface area contributed by atoms with Crippen molar-refractivity contribution in [3.05, 3.63) is 0 Å². The highest BCUT2D eigenvalue weighted by Gasteiger charge is 2.48. The Bertz CT molecular complexity index is 311. The van der Waals surface area contributed by atoms with Crippen LogP contribution in [-0.4, -0.2) is 30.5 Å². The lowest BCUT2D eigenvalue weighted by atomic mass is 9.67. The molecule has 4 heteroatoms. The summed E-state index contributed by atoms with van der Waals surface area (Å²) >= 11 is 0. The van der Waals surface area contributed by atoms with Gasteiger partial charge < -0.3 is 9.47 Å². The van der Waals surface area contributed by atoms with Crippen LogP contribution in [0.4, 0.5) is 0 Å². The van der Waals surface area contributed by atoms with Gasteiger partial charge in [0.1, 0.15) is 0 Å². The Labute approximate surface area is 116 Å². The van der Waals surface area contributed by atoms with Gasteiger partial charge >= 0.3 is 0 Å². The van der Waals surface area contributed by atoms with Crippen molar-refractivity contribution in [2.45, 2.75) is 75.5 Å². The smallest absolute Gasteiger partial charge is 0.0822 e. The average Bonchev–Trinajstić information content (AvgIpc) is 2.39. The van der Waals surface area contributed by atoms with Crippen molar-refractivity contribution in [1.29, 1.82) is 0 Å². The van der Waals surface area contributed by atoms with Crippen LogP contribution < -0.4 is 11.3 Å². The molecule has 1 saturated carbocycles. The molecular weight excluding hydrogens is 240 g/mol. The highest BCUT2D eigenvalue weighted by molar-refractivity contribution is 5.01. The van der Waals surface area contributed by atoms with Gasteiger partial charge in [-0.2, -0.15) is 0 Å². The first kappa shape index (κ1) is 13.8. The van der Waals surface area contributed by atoms with Crippen molar-refractivity contribution in [1.82, 2.24) is 5.43 Å². The summed E-state index contributed by atoms with van der Waals surface area (Å²) in [5.74, 6) is 6.48. The third-order valence-electron chi connectivity index (χ3n) is 5.60. The van der Waals surface area contributed by atoms with Crippen molar-refractivity contribution in [2.75, 3.05) is 13.2 Å². The maximum absolute atomic E-state index is 6.11. The van der Waals surface area contributed by atoms with Gasteiger partial charge in [0.05, 0.1) is 17.2 Å². The summed E-state index contributed by atoms with van der Waals surface area (Å²) in [5.41, 5.74) is 3.17. The summed E-state index contributed by atoms with van der Waals surface area (Å²) in [7, 11) is 0. The van der Waals surface area contributed by atoms with E-state index in [0.717, 1.165) is 32.5 Å². The quantitative estimate of drug-likeness (QED) is 0.608. The van der Waals surface area contributed by atoms with Gasteiger partial charge in [-0.15, -0.1) is 0 Å². The SMILES string of the molecule is CC1(C(NN)C2CCOC3(CCC3)C2)CCCCO1. The van der Waals surface area contributed by atoms with E-state index in [0.29, 0.717) is 5.92 Å². The molecule has 3 fully saturated rings. The van der Waals surface area contributed by atoms with Crippen LogP contribution in [0.2, 0.25) is 0 Å². The largest absolute Gasteiger partial charge is 0.375 e. The second-order valence-corrected chi connectivity index (χ2v) is 6.90. The van der Waals surface area contributed by atoms with Crippen LogP contribution in [-0.2, 0) is 9.47 Å². The molecule has 3 N–H and O–H groups in total. The van der Waals surface area contributed by atoms with Crippen molar-refractivity contribution in [3.63, 3.8) is 0 Å². The van der Waals surface area contributed by atoms with Crippen LogP contribution in [0.5, 0.6) is 0 Å². The monoisotopic (exact) mass is 268 g/mol. The predicted molar refractivity (Wildman–Crippen MR) is 74.6 cm³/mol. The van der Waals surface area contributed by atoms with Crippen LogP contribution >= 0.6 is 0 Å². The predicted octanol–water partition coefficient (Wildman–Crippen LogP) is 2.13. The molecule has 19 heavy (non-hydrogen) atoms. The number of hydrogen-bond acceptors (Lipinski definition) is 4. The Morgan fingerprint density at radius 3 is 2.53 bits per heavy atom. The number of nitrogens with one attached hydrogen (secondary N) is 1. The van der Waals surface area contributed by atoms with E-state index in [1.54, 1.807) is 0 Å². The van der Waals surface area contributed by atoms with Crippen molar-refractivity contribution >= 4 is 0 Å². The molecule has 0 aromatic carbocycles. The first-order valence-electron chi connectivity index (χ1n) is 7.92.